The molecular weight excluding hydrogens is 92.1 g/mol. The Hall–Kier alpha value is -0.170. The lowest BCUT2D eigenvalue weighted by Gasteiger charge is -1.79. The van der Waals surface area contributed by atoms with Gasteiger partial charge in [-0.05, 0) is 0 Å². The van der Waals surface area contributed by atoms with Crippen molar-refractivity contribution in [2.45, 2.75) is 0 Å². The van der Waals surface area contributed by atoms with Crippen molar-refractivity contribution >= 4 is 11.8 Å². The minimum Gasteiger partial charge on any atom is -0.123 e. The quantitative estimate of drug-likeness (QED) is 0.445. The lowest BCUT2D eigenvalue weighted by Crippen LogP contribution is -1.52. The van der Waals surface area contributed by atoms with E-state index in [0.717, 1.165) is 5.75 Å². The molecule has 0 saturated heterocycles. The third-order valence-corrected chi connectivity index (χ3v) is 1.53. The van der Waals surface area contributed by atoms with Gasteiger partial charge in [0, 0.05) is 10.7 Å². The van der Waals surface area contributed by atoms with Crippen molar-refractivity contribution < 1.29 is 0 Å². The molecule has 0 aromatic carbocycles. The molecule has 0 unspecified atom stereocenters. The highest BCUT2D eigenvalue weighted by molar-refractivity contribution is 8.03. The molecule has 6 heavy (non-hydrogen) atoms. The van der Waals surface area contributed by atoms with E-state index in [1.165, 1.54) is 4.91 Å². The normalized spacial score (nSPS) is 19.7. The van der Waals surface area contributed by atoms with Crippen LogP contribution in [0.25, 0.3) is 0 Å². The molecule has 0 saturated carbocycles. The molecule has 0 radical (unpaired) electrons. The molecule has 0 aliphatic carbocycles. The van der Waals surface area contributed by atoms with Gasteiger partial charge < -0.3 is 0 Å². The summed E-state index contributed by atoms with van der Waals surface area (Å²) in [6, 6.07) is 0. The van der Waals surface area contributed by atoms with Crippen LogP contribution in [0.2, 0.25) is 0 Å². The topological polar surface area (TPSA) is 0 Å². The van der Waals surface area contributed by atoms with Gasteiger partial charge in [-0.15, -0.1) is 11.8 Å². The highest BCUT2D eigenvalue weighted by Gasteiger charge is 1.92. The maximum absolute atomic E-state index is 3.73. The summed E-state index contributed by atoms with van der Waals surface area (Å²) in [4.78, 5) is 1.19. The molecule has 0 amide bonds. The van der Waals surface area contributed by atoms with Crippen LogP contribution in [0.4, 0.5) is 0 Å². The number of allylic oxidation sites excluding steroid dienone is 1. The summed E-state index contributed by atoms with van der Waals surface area (Å²) in [5, 5.41) is 0. The molecule has 0 N–H and O–H groups in total. The molecule has 0 bridgehead atoms. The minimum atomic E-state index is 1.12. The van der Waals surface area contributed by atoms with Crippen LogP contribution in [0.3, 0.4) is 0 Å². The Morgan fingerprint density at radius 3 is 2.83 bits per heavy atom. The van der Waals surface area contributed by atoms with E-state index in [1.807, 2.05) is 6.08 Å². The van der Waals surface area contributed by atoms with Crippen molar-refractivity contribution in [2.75, 3.05) is 5.75 Å². The molecule has 0 nitrogen and oxygen atoms in total. The zero-order valence-corrected chi connectivity index (χ0v) is 4.29. The average molecular weight is 98.2 g/mol. The Bertz CT molecular complexity index is 92.1. The summed E-state index contributed by atoms with van der Waals surface area (Å²) in [6.07, 6.45) is 4.16. The molecule has 32 valence electrons. The van der Waals surface area contributed by atoms with Gasteiger partial charge in [-0.3, -0.25) is 0 Å². The Morgan fingerprint density at radius 1 is 1.83 bits per heavy atom. The van der Waals surface area contributed by atoms with Gasteiger partial charge in [0.15, 0.2) is 0 Å². The molecule has 0 aromatic rings. The van der Waals surface area contributed by atoms with Crippen molar-refractivity contribution in [3.63, 3.8) is 0 Å². The number of rotatable bonds is 0. The van der Waals surface area contributed by atoms with Crippen LogP contribution >= 0.6 is 11.8 Å². The van der Waals surface area contributed by atoms with E-state index in [2.05, 4.69) is 12.7 Å². The van der Waals surface area contributed by atoms with Gasteiger partial charge in [0.25, 0.3) is 0 Å². The van der Waals surface area contributed by atoms with Gasteiger partial charge in [-0.25, -0.2) is 0 Å². The van der Waals surface area contributed by atoms with Crippen LogP contribution in [0, 0.1) is 0 Å². The molecule has 1 heterocycles. The summed E-state index contributed by atoms with van der Waals surface area (Å²) in [6.45, 7) is 3.73. The molecular formula is C5H6S. The van der Waals surface area contributed by atoms with Crippen molar-refractivity contribution in [1.29, 1.82) is 0 Å². The third kappa shape index (κ3) is 0.658. The number of thioether (sulfide) groups is 1. The van der Waals surface area contributed by atoms with Crippen LogP contribution in [0.1, 0.15) is 0 Å². The second-order valence-corrected chi connectivity index (χ2v) is 2.33. The molecule has 1 rings (SSSR count). The Balaban J connectivity index is 2.59. The zero-order valence-electron chi connectivity index (χ0n) is 3.48. The lowest BCUT2D eigenvalue weighted by atomic mass is 10.5. The van der Waals surface area contributed by atoms with E-state index < -0.39 is 0 Å². The maximum Gasteiger partial charge on any atom is 0.0164 e. The fourth-order valence-corrected chi connectivity index (χ4v) is 0.982. The molecule has 1 aliphatic heterocycles. The largest absolute Gasteiger partial charge is 0.123 e. The van der Waals surface area contributed by atoms with Crippen molar-refractivity contribution in [1.82, 2.24) is 0 Å². The molecule has 0 spiro atoms. The van der Waals surface area contributed by atoms with E-state index in [0.29, 0.717) is 0 Å². The first kappa shape index (κ1) is 4.00. The maximum atomic E-state index is 3.73. The first-order valence-electron chi connectivity index (χ1n) is 1.88. The van der Waals surface area contributed by atoms with Crippen LogP contribution in [0.15, 0.2) is 23.6 Å². The van der Waals surface area contributed by atoms with Gasteiger partial charge in [-0.2, -0.15) is 0 Å². The summed E-state index contributed by atoms with van der Waals surface area (Å²) >= 11 is 1.79. The van der Waals surface area contributed by atoms with Crippen LogP contribution in [-0.4, -0.2) is 5.75 Å². The predicted molar refractivity (Wildman–Crippen MR) is 30.7 cm³/mol. The molecule has 0 aromatic heterocycles. The summed E-state index contributed by atoms with van der Waals surface area (Å²) in [7, 11) is 0. The summed E-state index contributed by atoms with van der Waals surface area (Å²) < 4.78 is 0. The Morgan fingerprint density at radius 2 is 2.67 bits per heavy atom. The molecule has 0 atom stereocenters. The van der Waals surface area contributed by atoms with Crippen LogP contribution in [-0.2, 0) is 0 Å². The summed E-state index contributed by atoms with van der Waals surface area (Å²) in [5.41, 5.74) is 0. The van der Waals surface area contributed by atoms with E-state index in [-0.39, 0.29) is 0 Å². The van der Waals surface area contributed by atoms with Crippen LogP contribution < -0.4 is 0 Å². The van der Waals surface area contributed by atoms with Crippen molar-refractivity contribution in [2.24, 2.45) is 0 Å². The predicted octanol–water partition coefficient (Wildman–Crippen LogP) is 1.80. The molecule has 1 heteroatoms. The monoisotopic (exact) mass is 98.0 g/mol. The average Bonchev–Trinajstić information content (AvgIpc) is 1.86. The third-order valence-electron chi connectivity index (χ3n) is 0.669. The standard InChI is InChI=1S/C5H6S/c1-5-3-2-4-6-5/h2-3H,1,4H2. The highest BCUT2D eigenvalue weighted by Crippen LogP contribution is 2.20. The van der Waals surface area contributed by atoms with Crippen LogP contribution in [0.5, 0.6) is 0 Å². The van der Waals surface area contributed by atoms with E-state index in [4.69, 9.17) is 0 Å². The van der Waals surface area contributed by atoms with Gasteiger partial charge in [0.1, 0.15) is 0 Å². The Labute approximate surface area is 41.9 Å². The van der Waals surface area contributed by atoms with Crippen molar-refractivity contribution in [3.8, 4) is 0 Å². The van der Waals surface area contributed by atoms with E-state index in [9.17, 15) is 0 Å². The zero-order chi connectivity index (χ0) is 4.41. The SMILES string of the molecule is C=C1C=CCS1. The number of hydrogen-bond donors (Lipinski definition) is 0. The van der Waals surface area contributed by atoms with Gasteiger partial charge >= 0.3 is 0 Å². The Kier molecular flexibility index (Phi) is 1.01. The molecule has 1 aliphatic rings. The fraction of sp³-hybridized carbons (Fsp3) is 0.200. The van der Waals surface area contributed by atoms with E-state index >= 15 is 0 Å². The minimum absolute atomic E-state index is 1.12. The molecule has 0 fully saturated rings. The van der Waals surface area contributed by atoms with Crippen molar-refractivity contribution in [3.05, 3.63) is 23.6 Å². The van der Waals surface area contributed by atoms with Gasteiger partial charge in [0.05, 0.1) is 0 Å². The first-order valence-corrected chi connectivity index (χ1v) is 2.86. The fourth-order valence-electron chi connectivity index (χ4n) is 0.383. The second kappa shape index (κ2) is 1.52. The van der Waals surface area contributed by atoms with Gasteiger partial charge in [-0.1, -0.05) is 18.7 Å². The van der Waals surface area contributed by atoms with Gasteiger partial charge in [0.2, 0.25) is 0 Å². The second-order valence-electron chi connectivity index (χ2n) is 1.18. The summed E-state index contributed by atoms with van der Waals surface area (Å²) in [5.74, 6) is 1.12. The smallest absolute Gasteiger partial charge is 0.0164 e. The first-order chi connectivity index (χ1) is 2.89. The lowest BCUT2D eigenvalue weighted by molar-refractivity contribution is 1.83. The van der Waals surface area contributed by atoms with E-state index in [1.54, 1.807) is 11.8 Å². The number of hydrogen-bond acceptors (Lipinski definition) is 1. The highest BCUT2D eigenvalue weighted by atomic mass is 32.2.